The normalized spacial score (nSPS) is 11.4. The van der Waals surface area contributed by atoms with Crippen LogP contribution in [0.3, 0.4) is 0 Å². The lowest BCUT2D eigenvalue weighted by Gasteiger charge is -2.18. The van der Waals surface area contributed by atoms with Gasteiger partial charge in [-0.25, -0.2) is 8.42 Å². The lowest BCUT2D eigenvalue weighted by Crippen LogP contribution is -2.16. The molecule has 1 rings (SSSR count). The van der Waals surface area contributed by atoms with Crippen LogP contribution in [0.25, 0.3) is 0 Å². The minimum atomic E-state index is -3.21. The number of nitrogens with two attached hydrogens (primary N) is 1. The van der Waals surface area contributed by atoms with E-state index in [-0.39, 0.29) is 4.90 Å². The first kappa shape index (κ1) is 11.8. The smallest absolute Gasteiger partial charge is 0.175 e. The van der Waals surface area contributed by atoms with Crippen LogP contribution in [-0.4, -0.2) is 28.8 Å². The predicted octanol–water partition coefficient (Wildman–Crippen LogP) is 0.670. The first-order valence-corrected chi connectivity index (χ1v) is 6.13. The Morgan fingerprint density at radius 2 is 2.00 bits per heavy atom. The van der Waals surface area contributed by atoms with Crippen LogP contribution < -0.4 is 10.8 Å². The fourth-order valence-corrected chi connectivity index (χ4v) is 1.80. The van der Waals surface area contributed by atoms with E-state index >= 15 is 0 Å². The van der Waals surface area contributed by atoms with E-state index in [1.807, 2.05) is 0 Å². The monoisotopic (exact) mass is 230 g/mol. The number of hydroxylamine groups is 1. The number of hydrogen-bond acceptors (Lipinski definition) is 5. The van der Waals surface area contributed by atoms with Crippen LogP contribution in [0.4, 0.5) is 11.4 Å². The quantitative estimate of drug-likeness (QED) is 0.610. The molecule has 0 aliphatic rings. The molecule has 2 N–H and O–H groups in total. The highest BCUT2D eigenvalue weighted by Crippen LogP contribution is 2.25. The molecule has 15 heavy (non-hydrogen) atoms. The third-order valence-electron chi connectivity index (χ3n) is 2.04. The maximum atomic E-state index is 11.2. The molecule has 0 atom stereocenters. The molecule has 1 aromatic carbocycles. The Bertz CT molecular complexity index is 456. The minimum Gasteiger partial charge on any atom is -0.397 e. The summed E-state index contributed by atoms with van der Waals surface area (Å²) in [5.41, 5.74) is 6.70. The Morgan fingerprint density at radius 1 is 1.40 bits per heavy atom. The summed E-state index contributed by atoms with van der Waals surface area (Å²) >= 11 is 0. The van der Waals surface area contributed by atoms with E-state index < -0.39 is 9.84 Å². The second kappa shape index (κ2) is 4.08. The van der Waals surface area contributed by atoms with Gasteiger partial charge in [-0.3, -0.25) is 9.90 Å². The molecule has 0 unspecified atom stereocenters. The van der Waals surface area contributed by atoms with Gasteiger partial charge in [-0.1, -0.05) is 0 Å². The molecule has 0 aliphatic carbocycles. The van der Waals surface area contributed by atoms with Crippen LogP contribution in [-0.2, 0) is 14.7 Å². The summed E-state index contributed by atoms with van der Waals surface area (Å²) in [4.78, 5) is 5.15. The first-order chi connectivity index (χ1) is 6.86. The maximum Gasteiger partial charge on any atom is 0.175 e. The number of benzene rings is 1. The number of anilines is 2. The lowest BCUT2D eigenvalue weighted by molar-refractivity contribution is 0.185. The third kappa shape index (κ3) is 2.60. The summed E-state index contributed by atoms with van der Waals surface area (Å²) < 4.78 is 22.5. The standard InChI is InChI=1S/C9H14N2O3S/c1-11(14-2)9-5-4-7(6-8(9)10)15(3,12)13/h4-6H,10H2,1-3H3. The fourth-order valence-electron chi connectivity index (χ4n) is 1.15. The number of hydrogen-bond donors (Lipinski definition) is 1. The van der Waals surface area contributed by atoms with Crippen molar-refractivity contribution in [2.75, 3.05) is 31.2 Å². The third-order valence-corrected chi connectivity index (χ3v) is 3.15. The average Bonchev–Trinajstić information content (AvgIpc) is 2.15. The number of nitrogen functional groups attached to an aromatic ring is 1. The van der Waals surface area contributed by atoms with Gasteiger partial charge in [0, 0.05) is 13.3 Å². The molecule has 0 fully saturated rings. The van der Waals surface area contributed by atoms with E-state index in [4.69, 9.17) is 10.6 Å². The summed E-state index contributed by atoms with van der Waals surface area (Å²) in [6.07, 6.45) is 1.14. The van der Waals surface area contributed by atoms with Crippen molar-refractivity contribution < 1.29 is 13.3 Å². The van der Waals surface area contributed by atoms with Crippen molar-refractivity contribution in [3.8, 4) is 0 Å². The van der Waals surface area contributed by atoms with Gasteiger partial charge in [0.25, 0.3) is 0 Å². The molecular weight excluding hydrogens is 216 g/mol. The van der Waals surface area contributed by atoms with Gasteiger partial charge in [-0.2, -0.15) is 0 Å². The molecule has 0 radical (unpaired) electrons. The molecule has 6 heteroatoms. The Morgan fingerprint density at radius 3 is 2.40 bits per heavy atom. The number of sulfone groups is 1. The lowest BCUT2D eigenvalue weighted by atomic mass is 10.3. The highest BCUT2D eigenvalue weighted by atomic mass is 32.2. The average molecular weight is 230 g/mol. The van der Waals surface area contributed by atoms with Crippen molar-refractivity contribution in [2.45, 2.75) is 4.90 Å². The van der Waals surface area contributed by atoms with Gasteiger partial charge >= 0.3 is 0 Å². The van der Waals surface area contributed by atoms with Crippen molar-refractivity contribution in [1.29, 1.82) is 0 Å². The molecule has 84 valence electrons. The van der Waals surface area contributed by atoms with Gasteiger partial charge in [-0.15, -0.1) is 0 Å². The van der Waals surface area contributed by atoms with E-state index in [9.17, 15) is 8.42 Å². The molecule has 0 amide bonds. The number of rotatable bonds is 3. The van der Waals surface area contributed by atoms with E-state index in [2.05, 4.69) is 0 Å². The Labute approximate surface area is 89.3 Å². The van der Waals surface area contributed by atoms with Gasteiger partial charge in [0.1, 0.15) is 0 Å². The van der Waals surface area contributed by atoms with Gasteiger partial charge in [0.05, 0.1) is 23.4 Å². The Hall–Kier alpha value is -1.27. The van der Waals surface area contributed by atoms with Crippen molar-refractivity contribution in [3.05, 3.63) is 18.2 Å². The topological polar surface area (TPSA) is 72.6 Å². The summed E-state index contributed by atoms with van der Waals surface area (Å²) in [6.45, 7) is 0. The molecule has 0 saturated heterocycles. The zero-order chi connectivity index (χ0) is 11.6. The zero-order valence-electron chi connectivity index (χ0n) is 8.89. The first-order valence-electron chi connectivity index (χ1n) is 4.23. The SMILES string of the molecule is CON(C)c1ccc(S(C)(=O)=O)cc1N. The van der Waals surface area contributed by atoms with Crippen LogP contribution in [0.1, 0.15) is 0 Å². The molecule has 5 nitrogen and oxygen atoms in total. The molecule has 0 aromatic heterocycles. The predicted molar refractivity (Wildman–Crippen MR) is 59.4 cm³/mol. The van der Waals surface area contributed by atoms with Crippen LogP contribution in [0, 0.1) is 0 Å². The fraction of sp³-hybridized carbons (Fsp3) is 0.333. The summed E-state index contributed by atoms with van der Waals surface area (Å²) in [6, 6.07) is 4.52. The van der Waals surface area contributed by atoms with Crippen LogP contribution in [0.15, 0.2) is 23.1 Å². The van der Waals surface area contributed by atoms with Crippen molar-refractivity contribution >= 4 is 21.2 Å². The van der Waals surface area contributed by atoms with Gasteiger partial charge in [-0.05, 0) is 18.2 Å². The molecule has 0 spiro atoms. The zero-order valence-corrected chi connectivity index (χ0v) is 9.71. The van der Waals surface area contributed by atoms with Gasteiger partial charge in [0.15, 0.2) is 9.84 Å². The number of nitrogens with zero attached hydrogens (tertiary/aromatic N) is 1. The highest BCUT2D eigenvalue weighted by Gasteiger charge is 2.11. The molecule has 0 bridgehead atoms. The van der Waals surface area contributed by atoms with Crippen molar-refractivity contribution in [1.82, 2.24) is 0 Å². The van der Waals surface area contributed by atoms with Crippen LogP contribution >= 0.6 is 0 Å². The second-order valence-corrected chi connectivity index (χ2v) is 5.19. The summed E-state index contributed by atoms with van der Waals surface area (Å²) in [7, 11) is -0.0236. The Balaban J connectivity index is 3.20. The summed E-state index contributed by atoms with van der Waals surface area (Å²) in [5.74, 6) is 0. The van der Waals surface area contributed by atoms with Crippen LogP contribution in [0.2, 0.25) is 0 Å². The van der Waals surface area contributed by atoms with Crippen molar-refractivity contribution in [2.24, 2.45) is 0 Å². The van der Waals surface area contributed by atoms with E-state index in [1.54, 1.807) is 13.1 Å². The van der Waals surface area contributed by atoms with Crippen molar-refractivity contribution in [3.63, 3.8) is 0 Å². The molecule has 0 aliphatic heterocycles. The van der Waals surface area contributed by atoms with Gasteiger partial charge in [0.2, 0.25) is 0 Å². The van der Waals surface area contributed by atoms with E-state index in [0.717, 1.165) is 6.26 Å². The highest BCUT2D eigenvalue weighted by molar-refractivity contribution is 7.90. The van der Waals surface area contributed by atoms with Gasteiger partial charge < -0.3 is 5.73 Å². The maximum absolute atomic E-state index is 11.2. The second-order valence-electron chi connectivity index (χ2n) is 3.17. The Kier molecular flexibility index (Phi) is 3.21. The van der Waals surface area contributed by atoms with Crippen LogP contribution in [0.5, 0.6) is 0 Å². The van der Waals surface area contributed by atoms with E-state index in [0.29, 0.717) is 11.4 Å². The molecular formula is C9H14N2O3S. The van der Waals surface area contributed by atoms with E-state index in [1.165, 1.54) is 24.3 Å². The molecule has 1 aromatic rings. The molecule has 0 saturated carbocycles. The minimum absolute atomic E-state index is 0.202. The largest absolute Gasteiger partial charge is 0.397 e. The summed E-state index contributed by atoms with van der Waals surface area (Å²) in [5, 5.41) is 1.46. The molecule has 0 heterocycles.